The van der Waals surface area contributed by atoms with Crippen molar-refractivity contribution in [2.75, 3.05) is 5.75 Å². The number of aryl methyl sites for hydroxylation is 2. The summed E-state index contributed by atoms with van der Waals surface area (Å²) in [6, 6.07) is 14.0. The van der Waals surface area contributed by atoms with Crippen molar-refractivity contribution in [1.29, 1.82) is 0 Å². The van der Waals surface area contributed by atoms with E-state index >= 15 is 0 Å². The lowest BCUT2D eigenvalue weighted by Crippen LogP contribution is -2.32. The van der Waals surface area contributed by atoms with Crippen LogP contribution in [0.5, 0.6) is 0 Å². The fraction of sp³-hybridized carbons (Fsp3) is 0.238. The average molecular weight is 383 g/mol. The molecule has 6 heteroatoms. The van der Waals surface area contributed by atoms with Crippen molar-refractivity contribution in [1.82, 2.24) is 14.9 Å². The largest absolute Gasteiger partial charge is 0.341 e. The number of nitrogens with zero attached hydrogens (tertiary/aromatic N) is 2. The van der Waals surface area contributed by atoms with Crippen LogP contribution in [0.3, 0.4) is 0 Å². The molecule has 2 aromatic carbocycles. The highest BCUT2D eigenvalue weighted by Crippen LogP contribution is 2.21. The van der Waals surface area contributed by atoms with Crippen LogP contribution < -0.4 is 5.32 Å². The minimum atomic E-state index is -0.418. The highest BCUT2D eigenvalue weighted by atomic mass is 32.2. The molecular formula is C21H22FN3OS. The van der Waals surface area contributed by atoms with Crippen molar-refractivity contribution in [3.05, 3.63) is 89.3 Å². The van der Waals surface area contributed by atoms with Crippen molar-refractivity contribution in [2.45, 2.75) is 18.7 Å². The molecule has 1 amide bonds. The van der Waals surface area contributed by atoms with E-state index in [9.17, 15) is 9.18 Å². The van der Waals surface area contributed by atoms with E-state index in [1.165, 1.54) is 23.3 Å². The maximum atomic E-state index is 13.3. The van der Waals surface area contributed by atoms with Crippen LogP contribution in [0.4, 0.5) is 4.39 Å². The van der Waals surface area contributed by atoms with E-state index in [1.807, 2.05) is 17.8 Å². The molecule has 3 aromatic rings. The third-order valence-corrected chi connectivity index (χ3v) is 5.25. The minimum Gasteiger partial charge on any atom is -0.341 e. The van der Waals surface area contributed by atoms with Gasteiger partial charge in [0.25, 0.3) is 0 Å². The molecule has 1 atom stereocenters. The Kier molecular flexibility index (Phi) is 6.29. The Balaban J connectivity index is 1.64. The summed E-state index contributed by atoms with van der Waals surface area (Å²) in [6.45, 7) is 2.05. The fourth-order valence-corrected chi connectivity index (χ4v) is 3.55. The number of hydrogen-bond donors (Lipinski definition) is 1. The molecule has 1 heterocycles. The van der Waals surface area contributed by atoms with Gasteiger partial charge < -0.3 is 9.88 Å². The summed E-state index contributed by atoms with van der Waals surface area (Å²) in [5.41, 5.74) is 3.21. The zero-order valence-corrected chi connectivity index (χ0v) is 16.2. The number of thioether (sulfide) groups is 1. The van der Waals surface area contributed by atoms with E-state index in [2.05, 4.69) is 41.5 Å². The summed E-state index contributed by atoms with van der Waals surface area (Å²) in [5.74, 6) is 1.44. The SMILES string of the molecule is Cc1ccc(CSCC(=O)NC(c2ccc(F)cc2)c2nccn2C)cc1. The first kappa shape index (κ1) is 19.2. The van der Waals surface area contributed by atoms with Crippen molar-refractivity contribution in [2.24, 2.45) is 7.05 Å². The molecule has 0 spiro atoms. The highest BCUT2D eigenvalue weighted by Gasteiger charge is 2.20. The Morgan fingerprint density at radius 2 is 1.89 bits per heavy atom. The predicted octanol–water partition coefficient (Wildman–Crippen LogP) is 4.01. The van der Waals surface area contributed by atoms with Gasteiger partial charge in [-0.3, -0.25) is 4.79 Å². The van der Waals surface area contributed by atoms with Crippen molar-refractivity contribution >= 4 is 17.7 Å². The van der Waals surface area contributed by atoms with Gasteiger partial charge in [0.05, 0.1) is 5.75 Å². The number of carbonyl (C=O) groups excluding carboxylic acids is 1. The second-order valence-electron chi connectivity index (χ2n) is 6.43. The van der Waals surface area contributed by atoms with Crippen LogP contribution in [0.15, 0.2) is 60.9 Å². The van der Waals surface area contributed by atoms with E-state index < -0.39 is 6.04 Å². The lowest BCUT2D eigenvalue weighted by Gasteiger charge is -2.19. The summed E-state index contributed by atoms with van der Waals surface area (Å²) in [4.78, 5) is 16.9. The molecule has 0 saturated heterocycles. The molecular weight excluding hydrogens is 361 g/mol. The van der Waals surface area contributed by atoms with Crippen LogP contribution >= 0.6 is 11.8 Å². The maximum Gasteiger partial charge on any atom is 0.230 e. The Morgan fingerprint density at radius 3 is 2.52 bits per heavy atom. The first-order chi connectivity index (χ1) is 13.0. The third-order valence-electron chi connectivity index (χ3n) is 4.25. The molecule has 140 valence electrons. The topological polar surface area (TPSA) is 46.9 Å². The number of carbonyl (C=O) groups is 1. The lowest BCUT2D eigenvalue weighted by atomic mass is 10.1. The molecule has 1 unspecified atom stereocenters. The quantitative estimate of drug-likeness (QED) is 0.671. The Morgan fingerprint density at radius 1 is 1.19 bits per heavy atom. The molecule has 0 aliphatic rings. The molecule has 0 aliphatic heterocycles. The molecule has 3 rings (SSSR count). The molecule has 27 heavy (non-hydrogen) atoms. The van der Waals surface area contributed by atoms with Gasteiger partial charge in [-0.1, -0.05) is 42.0 Å². The van der Waals surface area contributed by atoms with Gasteiger partial charge in [0.2, 0.25) is 5.91 Å². The third kappa shape index (κ3) is 5.20. The van der Waals surface area contributed by atoms with E-state index in [1.54, 1.807) is 30.1 Å². The fourth-order valence-electron chi connectivity index (χ4n) is 2.76. The molecule has 1 aromatic heterocycles. The standard InChI is InChI=1S/C21H22FN3OS/c1-15-3-5-16(6-4-15)13-27-14-19(26)24-20(21-23-11-12-25(21)2)17-7-9-18(22)10-8-17/h3-12,20H,13-14H2,1-2H3,(H,24,26). The number of aromatic nitrogens is 2. The predicted molar refractivity (Wildman–Crippen MR) is 107 cm³/mol. The van der Waals surface area contributed by atoms with Crippen LogP contribution in [-0.4, -0.2) is 21.2 Å². The first-order valence-corrected chi connectivity index (χ1v) is 9.84. The number of rotatable bonds is 7. The number of hydrogen-bond acceptors (Lipinski definition) is 3. The molecule has 0 aliphatic carbocycles. The van der Waals surface area contributed by atoms with Gasteiger partial charge in [-0.25, -0.2) is 9.37 Å². The zero-order chi connectivity index (χ0) is 19.2. The highest BCUT2D eigenvalue weighted by molar-refractivity contribution is 7.99. The van der Waals surface area contributed by atoms with E-state index in [4.69, 9.17) is 0 Å². The van der Waals surface area contributed by atoms with Crippen LogP contribution in [0.1, 0.15) is 28.6 Å². The zero-order valence-electron chi connectivity index (χ0n) is 15.4. The summed E-state index contributed by atoms with van der Waals surface area (Å²) < 4.78 is 15.1. The lowest BCUT2D eigenvalue weighted by molar-refractivity contribution is -0.119. The maximum absolute atomic E-state index is 13.3. The normalized spacial score (nSPS) is 12.0. The smallest absolute Gasteiger partial charge is 0.230 e. The molecule has 0 saturated carbocycles. The van der Waals surface area contributed by atoms with Gasteiger partial charge in [0.15, 0.2) is 0 Å². The van der Waals surface area contributed by atoms with Gasteiger partial charge in [0, 0.05) is 25.2 Å². The number of amides is 1. The second-order valence-corrected chi connectivity index (χ2v) is 7.41. The monoisotopic (exact) mass is 383 g/mol. The van der Waals surface area contributed by atoms with Crippen LogP contribution in [0.25, 0.3) is 0 Å². The number of halogens is 1. The van der Waals surface area contributed by atoms with Crippen molar-refractivity contribution in [3.8, 4) is 0 Å². The van der Waals surface area contributed by atoms with E-state index in [0.717, 1.165) is 11.3 Å². The minimum absolute atomic E-state index is 0.0792. The van der Waals surface area contributed by atoms with Gasteiger partial charge in [-0.15, -0.1) is 11.8 Å². The van der Waals surface area contributed by atoms with E-state index in [0.29, 0.717) is 11.6 Å². The van der Waals surface area contributed by atoms with Gasteiger partial charge in [0.1, 0.15) is 17.7 Å². The number of benzene rings is 2. The molecule has 0 bridgehead atoms. The summed E-state index contributed by atoms with van der Waals surface area (Å²) >= 11 is 1.56. The average Bonchev–Trinajstić information content (AvgIpc) is 3.08. The molecule has 4 nitrogen and oxygen atoms in total. The van der Waals surface area contributed by atoms with Crippen LogP contribution in [-0.2, 0) is 17.6 Å². The van der Waals surface area contributed by atoms with Gasteiger partial charge in [-0.05, 0) is 30.2 Å². The van der Waals surface area contributed by atoms with Crippen LogP contribution in [0, 0.1) is 12.7 Å². The summed E-state index contributed by atoms with van der Waals surface area (Å²) in [5, 5.41) is 3.03. The van der Waals surface area contributed by atoms with E-state index in [-0.39, 0.29) is 11.7 Å². The number of imidazole rings is 1. The van der Waals surface area contributed by atoms with Crippen molar-refractivity contribution in [3.63, 3.8) is 0 Å². The first-order valence-electron chi connectivity index (χ1n) is 8.68. The summed E-state index contributed by atoms with van der Waals surface area (Å²) in [7, 11) is 1.87. The Bertz CT molecular complexity index is 891. The molecule has 0 fully saturated rings. The van der Waals surface area contributed by atoms with Crippen molar-refractivity contribution < 1.29 is 9.18 Å². The number of nitrogens with one attached hydrogen (secondary N) is 1. The Hall–Kier alpha value is -2.60. The molecule has 1 N–H and O–H groups in total. The van der Waals surface area contributed by atoms with Gasteiger partial charge in [-0.2, -0.15) is 0 Å². The van der Waals surface area contributed by atoms with Crippen LogP contribution in [0.2, 0.25) is 0 Å². The second kappa shape index (κ2) is 8.86. The van der Waals surface area contributed by atoms with Gasteiger partial charge >= 0.3 is 0 Å². The summed E-state index contributed by atoms with van der Waals surface area (Å²) in [6.07, 6.45) is 3.51. The molecule has 0 radical (unpaired) electrons. The Labute approximate surface area is 162 Å².